The van der Waals surface area contributed by atoms with Crippen LogP contribution in [0.1, 0.15) is 113 Å². The molecule has 2 heterocycles. The number of hydrogen-bond acceptors (Lipinski definition) is 6. The van der Waals surface area contributed by atoms with E-state index < -0.39 is 19.5 Å². The molecular formula is C47H68O6Si. The van der Waals surface area contributed by atoms with Gasteiger partial charge in [-0.2, -0.15) is 0 Å². The van der Waals surface area contributed by atoms with Gasteiger partial charge in [0, 0.05) is 18.6 Å². The third kappa shape index (κ3) is 10.4. The van der Waals surface area contributed by atoms with Crippen molar-refractivity contribution in [1.29, 1.82) is 0 Å². The Morgan fingerprint density at radius 1 is 0.815 bits per heavy atom. The molecule has 2 aliphatic heterocycles. The fraction of sp³-hybridized carbons (Fsp3) is 0.596. The summed E-state index contributed by atoms with van der Waals surface area (Å²) in [5.74, 6) is -0.814. The van der Waals surface area contributed by atoms with Gasteiger partial charge in [-0.05, 0) is 92.6 Å². The molecule has 0 aliphatic carbocycles. The lowest BCUT2D eigenvalue weighted by molar-refractivity contribution is -0.289. The van der Waals surface area contributed by atoms with Gasteiger partial charge in [0.15, 0.2) is 12.1 Å². The average molecular weight is 757 g/mol. The molecule has 2 aliphatic rings. The minimum Gasteiger partial charge on any atom is -0.405 e. The molecule has 296 valence electrons. The quantitative estimate of drug-likeness (QED) is 0.128. The molecule has 0 radical (unpaired) electrons. The Balaban J connectivity index is 1.39. The van der Waals surface area contributed by atoms with Crippen molar-refractivity contribution in [2.75, 3.05) is 13.2 Å². The van der Waals surface area contributed by atoms with E-state index in [1.54, 1.807) is 0 Å². The van der Waals surface area contributed by atoms with E-state index in [9.17, 15) is 0 Å². The standard InChI is InChI=1S/C47H68O6Si/c1-35(22-21-23-36(2)53-54(45(3,4)5,38-26-15-11-16-27-38)39-28-17-12-18-29-39)43(51-42-30-19-20-32-49-42)40(34-37-24-13-10-14-25-37)44(48)46(6,7)41-31-33-50-47(8,9)52-41/h10-18,24-29,35-36,40-43H,19-23,30-34H2,1-9H3/t35-,36?,40?,41-,42?,43-/m0/s1. The molecule has 7 heteroatoms. The molecule has 3 aromatic rings. The van der Waals surface area contributed by atoms with Gasteiger partial charge < -0.3 is 23.4 Å². The number of rotatable bonds is 17. The van der Waals surface area contributed by atoms with Gasteiger partial charge in [-0.15, -0.1) is 0 Å². The Hall–Kier alpha value is -2.65. The van der Waals surface area contributed by atoms with Gasteiger partial charge in [0.25, 0.3) is 8.32 Å². The minimum absolute atomic E-state index is 0.0410. The maximum atomic E-state index is 15.1. The molecule has 0 aromatic heterocycles. The fourth-order valence-corrected chi connectivity index (χ4v) is 13.5. The summed E-state index contributed by atoms with van der Waals surface area (Å²) in [6.07, 6.45) is 6.17. The fourth-order valence-electron chi connectivity index (χ4n) is 8.78. The SMILES string of the molecule is CC(CCC[C@H](C)[C@H](OC1CCCCO1)C(Cc1ccccc1)C(=O)C(C)(C)[C@@H]1CCOC(C)(C)O1)O[Si](c1ccccc1)(c1ccccc1)C(C)(C)C. The normalized spacial score (nSPS) is 21.9. The Bertz CT molecular complexity index is 1520. The molecule has 2 fully saturated rings. The highest BCUT2D eigenvalue weighted by atomic mass is 28.4. The highest BCUT2D eigenvalue weighted by molar-refractivity contribution is 6.99. The Morgan fingerprint density at radius 2 is 1.41 bits per heavy atom. The van der Waals surface area contributed by atoms with Gasteiger partial charge in [-0.3, -0.25) is 4.79 Å². The lowest BCUT2D eigenvalue weighted by atomic mass is 9.70. The molecule has 3 unspecified atom stereocenters. The van der Waals surface area contributed by atoms with Crippen LogP contribution in [0.15, 0.2) is 91.0 Å². The van der Waals surface area contributed by atoms with E-state index in [4.69, 9.17) is 23.4 Å². The number of benzene rings is 3. The predicted octanol–water partition coefficient (Wildman–Crippen LogP) is 9.67. The van der Waals surface area contributed by atoms with Crippen LogP contribution in [-0.4, -0.2) is 57.7 Å². The number of ether oxygens (including phenoxy) is 4. The minimum atomic E-state index is -2.67. The van der Waals surface area contributed by atoms with Crippen LogP contribution in [0.2, 0.25) is 5.04 Å². The second kappa shape index (κ2) is 18.5. The molecule has 0 spiro atoms. The number of hydrogen-bond donors (Lipinski definition) is 0. The summed E-state index contributed by atoms with van der Waals surface area (Å²) >= 11 is 0. The summed E-state index contributed by atoms with van der Waals surface area (Å²) in [5, 5.41) is 2.51. The van der Waals surface area contributed by atoms with E-state index in [0.29, 0.717) is 26.1 Å². The third-order valence-corrected chi connectivity index (χ3v) is 17.0. The van der Waals surface area contributed by atoms with Gasteiger partial charge >= 0.3 is 0 Å². The van der Waals surface area contributed by atoms with Crippen molar-refractivity contribution in [2.24, 2.45) is 17.3 Å². The smallest absolute Gasteiger partial charge is 0.261 e. The van der Waals surface area contributed by atoms with Crippen LogP contribution in [0.25, 0.3) is 0 Å². The van der Waals surface area contributed by atoms with Gasteiger partial charge in [0.2, 0.25) is 0 Å². The first kappa shape index (κ1) is 42.5. The molecule has 54 heavy (non-hydrogen) atoms. The zero-order valence-electron chi connectivity index (χ0n) is 34.6. The van der Waals surface area contributed by atoms with Crippen molar-refractivity contribution < 1.29 is 28.2 Å². The lowest BCUT2D eigenvalue weighted by Crippen LogP contribution is -2.67. The van der Waals surface area contributed by atoms with E-state index >= 15 is 4.79 Å². The van der Waals surface area contributed by atoms with Gasteiger partial charge in [0.05, 0.1) is 24.2 Å². The molecular weight excluding hydrogens is 689 g/mol. The summed E-state index contributed by atoms with van der Waals surface area (Å²) in [6, 6.07) is 32.2. The predicted molar refractivity (Wildman–Crippen MR) is 222 cm³/mol. The van der Waals surface area contributed by atoms with E-state index in [-0.39, 0.29) is 47.3 Å². The van der Waals surface area contributed by atoms with Gasteiger partial charge in [0.1, 0.15) is 5.78 Å². The molecule has 6 atom stereocenters. The van der Waals surface area contributed by atoms with Crippen molar-refractivity contribution >= 4 is 24.5 Å². The first-order chi connectivity index (χ1) is 25.6. The average Bonchev–Trinajstić information content (AvgIpc) is 3.15. The third-order valence-electron chi connectivity index (χ3n) is 11.8. The van der Waals surface area contributed by atoms with E-state index in [1.165, 1.54) is 10.4 Å². The maximum Gasteiger partial charge on any atom is 0.261 e. The highest BCUT2D eigenvalue weighted by Gasteiger charge is 2.51. The highest BCUT2D eigenvalue weighted by Crippen LogP contribution is 2.41. The topological polar surface area (TPSA) is 63.2 Å². The molecule has 0 amide bonds. The van der Waals surface area contributed by atoms with Crippen molar-refractivity contribution in [2.45, 2.75) is 149 Å². The molecule has 2 saturated heterocycles. The number of carbonyl (C=O) groups excluding carboxylic acids is 1. The van der Waals surface area contributed by atoms with Crippen molar-refractivity contribution in [3.05, 3.63) is 96.6 Å². The summed E-state index contributed by atoms with van der Waals surface area (Å²) in [7, 11) is -2.67. The zero-order chi connectivity index (χ0) is 39.0. The van der Waals surface area contributed by atoms with Crippen LogP contribution in [0.5, 0.6) is 0 Å². The zero-order valence-corrected chi connectivity index (χ0v) is 35.6. The maximum absolute atomic E-state index is 15.1. The van der Waals surface area contributed by atoms with Gasteiger partial charge in [-0.1, -0.05) is 139 Å². The Morgan fingerprint density at radius 3 is 1.94 bits per heavy atom. The molecule has 6 nitrogen and oxygen atoms in total. The number of ketones is 1. The molecule has 5 rings (SSSR count). The first-order valence-corrected chi connectivity index (χ1v) is 22.5. The van der Waals surface area contributed by atoms with Crippen molar-refractivity contribution in [1.82, 2.24) is 0 Å². The van der Waals surface area contributed by atoms with E-state index in [1.807, 2.05) is 19.9 Å². The second-order valence-electron chi connectivity index (χ2n) is 17.9. The van der Waals surface area contributed by atoms with E-state index in [0.717, 1.165) is 44.1 Å². The van der Waals surface area contributed by atoms with Crippen LogP contribution >= 0.6 is 0 Å². The number of carbonyl (C=O) groups is 1. The van der Waals surface area contributed by atoms with E-state index in [2.05, 4.69) is 133 Å². The molecule has 0 N–H and O–H groups in total. The lowest BCUT2D eigenvalue weighted by Gasteiger charge is -2.45. The van der Waals surface area contributed by atoms with Crippen molar-refractivity contribution in [3.63, 3.8) is 0 Å². The van der Waals surface area contributed by atoms with Crippen molar-refractivity contribution in [3.8, 4) is 0 Å². The van der Waals surface area contributed by atoms with Crippen LogP contribution in [0.3, 0.4) is 0 Å². The summed E-state index contributed by atoms with van der Waals surface area (Å²) in [5.41, 5.74) is 0.394. The number of Topliss-reactive ketones (excluding diaryl/α,β-unsaturated/α-hetero) is 1. The summed E-state index contributed by atoms with van der Waals surface area (Å²) in [6.45, 7) is 20.8. The largest absolute Gasteiger partial charge is 0.405 e. The monoisotopic (exact) mass is 756 g/mol. The van der Waals surface area contributed by atoms with Crippen LogP contribution in [0.4, 0.5) is 0 Å². The molecule has 0 saturated carbocycles. The summed E-state index contributed by atoms with van der Waals surface area (Å²) < 4.78 is 33.0. The molecule has 0 bridgehead atoms. The van der Waals surface area contributed by atoms with Crippen LogP contribution in [0, 0.1) is 17.3 Å². The van der Waals surface area contributed by atoms with Crippen LogP contribution in [-0.2, 0) is 34.6 Å². The second-order valence-corrected chi connectivity index (χ2v) is 22.2. The molecule has 3 aromatic carbocycles. The first-order valence-electron chi connectivity index (χ1n) is 20.6. The Labute approximate surface area is 327 Å². The summed E-state index contributed by atoms with van der Waals surface area (Å²) in [4.78, 5) is 15.1. The van der Waals surface area contributed by atoms with Crippen LogP contribution < -0.4 is 10.4 Å². The van der Waals surface area contributed by atoms with Gasteiger partial charge in [-0.25, -0.2) is 0 Å². The Kier molecular flexibility index (Phi) is 14.6.